The molecule has 1 heterocycles. The molecule has 0 amide bonds. The minimum atomic E-state index is -1.02. The Hall–Kier alpha value is -2.08. The summed E-state index contributed by atoms with van der Waals surface area (Å²) in [5.74, 6) is 0.430. The van der Waals surface area contributed by atoms with E-state index in [1.807, 2.05) is 12.1 Å². The molecule has 0 aliphatic rings. The van der Waals surface area contributed by atoms with Crippen LogP contribution in [0.5, 0.6) is 11.5 Å². The van der Waals surface area contributed by atoms with E-state index < -0.39 is 11.4 Å². The Balaban J connectivity index is 2.44. The Bertz CT molecular complexity index is 641. The lowest BCUT2D eigenvalue weighted by Crippen LogP contribution is -2.28. The van der Waals surface area contributed by atoms with Gasteiger partial charge in [-0.2, -0.15) is 0 Å². The summed E-state index contributed by atoms with van der Waals surface area (Å²) in [4.78, 5) is 15.7. The highest BCUT2D eigenvalue weighted by Crippen LogP contribution is 2.34. The molecule has 2 rings (SSSR count). The van der Waals surface area contributed by atoms with E-state index in [1.54, 1.807) is 39.5 Å². The van der Waals surface area contributed by atoms with Gasteiger partial charge in [-0.05, 0) is 26.0 Å². The number of thiazole rings is 1. The maximum Gasteiger partial charge on any atom is 0.315 e. The molecule has 0 aliphatic carbocycles. The molecule has 21 heavy (non-hydrogen) atoms. The van der Waals surface area contributed by atoms with E-state index in [4.69, 9.17) is 9.47 Å². The predicted molar refractivity (Wildman–Crippen MR) is 81.3 cm³/mol. The summed E-state index contributed by atoms with van der Waals surface area (Å²) in [5, 5.41) is 11.8. The van der Waals surface area contributed by atoms with Gasteiger partial charge in [0.15, 0.2) is 0 Å². The lowest BCUT2D eigenvalue weighted by molar-refractivity contribution is -0.142. The normalized spacial score (nSPS) is 11.2. The average Bonchev–Trinajstić information content (AvgIpc) is 2.97. The molecule has 0 unspecified atom stereocenters. The number of aromatic nitrogens is 1. The number of ether oxygens (including phenoxy) is 2. The maximum atomic E-state index is 11.3. The van der Waals surface area contributed by atoms with Gasteiger partial charge in [-0.1, -0.05) is 0 Å². The SMILES string of the molecule is COc1cc(OC)cc(-c2nc(C(C)(C)C(=O)O)cs2)c1. The Labute approximate surface area is 127 Å². The average molecular weight is 307 g/mol. The summed E-state index contributed by atoms with van der Waals surface area (Å²) in [7, 11) is 3.17. The van der Waals surface area contributed by atoms with Crippen molar-refractivity contribution < 1.29 is 19.4 Å². The fourth-order valence-corrected chi connectivity index (χ4v) is 2.71. The van der Waals surface area contributed by atoms with Crippen molar-refractivity contribution in [3.8, 4) is 22.1 Å². The minimum absolute atomic E-state index is 0.539. The Morgan fingerprint density at radius 2 is 1.76 bits per heavy atom. The van der Waals surface area contributed by atoms with Crippen LogP contribution in [0.1, 0.15) is 19.5 Å². The first kappa shape index (κ1) is 15.3. The van der Waals surface area contributed by atoms with Crippen LogP contribution in [0.2, 0.25) is 0 Å². The van der Waals surface area contributed by atoms with Crippen molar-refractivity contribution in [3.05, 3.63) is 29.3 Å². The zero-order chi connectivity index (χ0) is 15.6. The van der Waals surface area contributed by atoms with Gasteiger partial charge in [0.25, 0.3) is 0 Å². The van der Waals surface area contributed by atoms with E-state index >= 15 is 0 Å². The third kappa shape index (κ3) is 3.00. The molecule has 0 saturated carbocycles. The molecule has 2 aromatic rings. The van der Waals surface area contributed by atoms with Crippen molar-refractivity contribution in [2.24, 2.45) is 0 Å². The summed E-state index contributed by atoms with van der Waals surface area (Å²) >= 11 is 1.40. The number of hydrogen-bond donors (Lipinski definition) is 1. The number of nitrogens with zero attached hydrogens (tertiary/aromatic N) is 1. The van der Waals surface area contributed by atoms with E-state index in [1.165, 1.54) is 11.3 Å². The Morgan fingerprint density at radius 3 is 2.24 bits per heavy atom. The van der Waals surface area contributed by atoms with Crippen LogP contribution in [-0.4, -0.2) is 30.3 Å². The third-order valence-corrected chi connectivity index (χ3v) is 4.17. The summed E-state index contributed by atoms with van der Waals surface area (Å²) in [6.45, 7) is 3.28. The summed E-state index contributed by atoms with van der Waals surface area (Å²) in [6.07, 6.45) is 0. The second kappa shape index (κ2) is 5.73. The number of carbonyl (C=O) groups is 1. The van der Waals surface area contributed by atoms with Crippen LogP contribution in [0.15, 0.2) is 23.6 Å². The number of methoxy groups -OCH3 is 2. The number of carboxylic acid groups (broad SMARTS) is 1. The highest BCUT2D eigenvalue weighted by molar-refractivity contribution is 7.13. The van der Waals surface area contributed by atoms with Crippen molar-refractivity contribution in [1.29, 1.82) is 0 Å². The molecule has 0 saturated heterocycles. The molecule has 1 N–H and O–H groups in total. The van der Waals surface area contributed by atoms with Crippen LogP contribution >= 0.6 is 11.3 Å². The van der Waals surface area contributed by atoms with Gasteiger partial charge in [-0.25, -0.2) is 4.98 Å². The lowest BCUT2D eigenvalue weighted by Gasteiger charge is -2.15. The molecule has 112 valence electrons. The molecule has 0 radical (unpaired) electrons. The van der Waals surface area contributed by atoms with Crippen molar-refractivity contribution in [2.45, 2.75) is 19.3 Å². The number of benzene rings is 1. The van der Waals surface area contributed by atoms with Crippen molar-refractivity contribution >= 4 is 17.3 Å². The largest absolute Gasteiger partial charge is 0.497 e. The zero-order valence-electron chi connectivity index (χ0n) is 12.3. The number of aliphatic carboxylic acids is 1. The van der Waals surface area contributed by atoms with Crippen molar-refractivity contribution in [1.82, 2.24) is 4.98 Å². The summed E-state index contributed by atoms with van der Waals surface area (Å²) in [6, 6.07) is 5.47. The van der Waals surface area contributed by atoms with Gasteiger partial charge in [0.1, 0.15) is 21.9 Å². The van der Waals surface area contributed by atoms with Gasteiger partial charge in [0.05, 0.1) is 19.9 Å². The van der Waals surface area contributed by atoms with Gasteiger partial charge in [0, 0.05) is 17.0 Å². The molecular weight excluding hydrogens is 290 g/mol. The molecule has 6 heteroatoms. The van der Waals surface area contributed by atoms with Crippen LogP contribution < -0.4 is 9.47 Å². The molecule has 1 aromatic heterocycles. The van der Waals surface area contributed by atoms with Gasteiger partial charge in [-0.3, -0.25) is 4.79 Å². The summed E-state index contributed by atoms with van der Waals surface area (Å²) in [5.41, 5.74) is 0.359. The Kier molecular flexibility index (Phi) is 4.18. The minimum Gasteiger partial charge on any atom is -0.497 e. The van der Waals surface area contributed by atoms with Crippen LogP contribution in [-0.2, 0) is 10.2 Å². The smallest absolute Gasteiger partial charge is 0.315 e. The molecule has 0 atom stereocenters. The molecule has 0 spiro atoms. The highest BCUT2D eigenvalue weighted by atomic mass is 32.1. The fourth-order valence-electron chi connectivity index (χ4n) is 1.73. The number of rotatable bonds is 5. The van der Waals surface area contributed by atoms with Crippen LogP contribution in [0.4, 0.5) is 0 Å². The molecule has 5 nitrogen and oxygen atoms in total. The van der Waals surface area contributed by atoms with Crippen LogP contribution in [0.25, 0.3) is 10.6 Å². The number of carboxylic acids is 1. The monoisotopic (exact) mass is 307 g/mol. The van der Waals surface area contributed by atoms with E-state index in [0.717, 1.165) is 10.6 Å². The molecule has 0 aliphatic heterocycles. The third-order valence-electron chi connectivity index (χ3n) is 3.28. The topological polar surface area (TPSA) is 68.7 Å². The van der Waals surface area contributed by atoms with Gasteiger partial charge in [0.2, 0.25) is 0 Å². The van der Waals surface area contributed by atoms with Gasteiger partial charge >= 0.3 is 5.97 Å². The quantitative estimate of drug-likeness (QED) is 0.918. The van der Waals surface area contributed by atoms with Crippen LogP contribution in [0.3, 0.4) is 0 Å². The standard InChI is InChI=1S/C15H17NO4S/c1-15(2,14(17)18)12-8-21-13(16-12)9-5-10(19-3)7-11(6-9)20-4/h5-8H,1-4H3,(H,17,18). The molecular formula is C15H17NO4S. The first-order valence-corrected chi connectivity index (χ1v) is 7.19. The highest BCUT2D eigenvalue weighted by Gasteiger charge is 2.32. The van der Waals surface area contributed by atoms with E-state index in [0.29, 0.717) is 17.2 Å². The van der Waals surface area contributed by atoms with E-state index in [-0.39, 0.29) is 0 Å². The first-order chi connectivity index (χ1) is 9.88. The molecule has 0 bridgehead atoms. The summed E-state index contributed by atoms with van der Waals surface area (Å²) < 4.78 is 10.5. The second-order valence-electron chi connectivity index (χ2n) is 5.07. The molecule has 1 aromatic carbocycles. The predicted octanol–water partition coefficient (Wildman–Crippen LogP) is 3.19. The lowest BCUT2D eigenvalue weighted by atomic mass is 9.90. The van der Waals surface area contributed by atoms with Gasteiger partial charge in [-0.15, -0.1) is 11.3 Å². The molecule has 0 fully saturated rings. The fraction of sp³-hybridized carbons (Fsp3) is 0.333. The first-order valence-electron chi connectivity index (χ1n) is 6.31. The van der Waals surface area contributed by atoms with Crippen molar-refractivity contribution in [3.63, 3.8) is 0 Å². The zero-order valence-corrected chi connectivity index (χ0v) is 13.2. The van der Waals surface area contributed by atoms with Gasteiger partial charge < -0.3 is 14.6 Å². The van der Waals surface area contributed by atoms with Crippen molar-refractivity contribution in [2.75, 3.05) is 14.2 Å². The number of hydrogen-bond acceptors (Lipinski definition) is 5. The van der Waals surface area contributed by atoms with E-state index in [9.17, 15) is 9.90 Å². The van der Waals surface area contributed by atoms with Crippen LogP contribution in [0, 0.1) is 0 Å². The Morgan fingerprint density at radius 1 is 1.19 bits per heavy atom. The maximum absolute atomic E-state index is 11.3. The van der Waals surface area contributed by atoms with E-state index in [2.05, 4.69) is 4.98 Å². The second-order valence-corrected chi connectivity index (χ2v) is 5.93.